The van der Waals surface area contributed by atoms with E-state index < -0.39 is 11.7 Å². The number of nitrogens with one attached hydrogen (secondary N) is 1. The summed E-state index contributed by atoms with van der Waals surface area (Å²) >= 11 is 0. The summed E-state index contributed by atoms with van der Waals surface area (Å²) in [7, 11) is 1.53. The number of hydrogen-bond donors (Lipinski definition) is 1. The Morgan fingerprint density at radius 3 is 2.40 bits per heavy atom. The lowest BCUT2D eigenvalue weighted by molar-refractivity contribution is -0.143. The van der Waals surface area contributed by atoms with Crippen molar-refractivity contribution in [1.29, 1.82) is 0 Å². The van der Waals surface area contributed by atoms with Crippen LogP contribution in [0.15, 0.2) is 60.8 Å². The van der Waals surface area contributed by atoms with Crippen LogP contribution in [0.2, 0.25) is 0 Å². The molecule has 0 spiro atoms. The number of halogens is 3. The number of esters is 1. The molecule has 6 nitrogen and oxygen atoms in total. The Kier molecular flexibility index (Phi) is 8.57. The van der Waals surface area contributed by atoms with E-state index in [1.54, 1.807) is 37.4 Å². The van der Waals surface area contributed by atoms with E-state index >= 15 is 0 Å². The quantitative estimate of drug-likeness (QED) is 0.326. The second kappa shape index (κ2) is 11.6. The number of aromatic nitrogens is 1. The van der Waals surface area contributed by atoms with E-state index in [1.165, 1.54) is 19.2 Å². The topological polar surface area (TPSA) is 69.7 Å². The first-order chi connectivity index (χ1) is 16.7. The smallest absolute Gasteiger partial charge is 0.416 e. The van der Waals surface area contributed by atoms with Gasteiger partial charge in [0.25, 0.3) is 0 Å². The molecule has 0 aliphatic carbocycles. The van der Waals surface area contributed by atoms with Crippen molar-refractivity contribution in [2.45, 2.75) is 38.9 Å². The Labute approximate surface area is 202 Å². The molecule has 9 heteroatoms. The van der Waals surface area contributed by atoms with Crippen LogP contribution in [0.25, 0.3) is 0 Å². The van der Waals surface area contributed by atoms with E-state index in [-0.39, 0.29) is 18.4 Å². The zero-order valence-electron chi connectivity index (χ0n) is 19.7. The highest BCUT2D eigenvalue weighted by atomic mass is 19.4. The number of ether oxygens (including phenoxy) is 3. The van der Waals surface area contributed by atoms with Gasteiger partial charge >= 0.3 is 12.1 Å². The summed E-state index contributed by atoms with van der Waals surface area (Å²) in [5.41, 5.74) is 1.63. The minimum absolute atomic E-state index is 0.229. The molecule has 1 unspecified atom stereocenters. The van der Waals surface area contributed by atoms with Crippen molar-refractivity contribution in [1.82, 2.24) is 4.98 Å². The molecule has 1 heterocycles. The Hall–Kier alpha value is -3.75. The van der Waals surface area contributed by atoms with Crippen molar-refractivity contribution >= 4 is 11.7 Å². The van der Waals surface area contributed by atoms with E-state index in [4.69, 9.17) is 14.2 Å². The van der Waals surface area contributed by atoms with Crippen LogP contribution in [0.4, 0.5) is 18.9 Å². The number of anilines is 1. The number of rotatable bonds is 10. The van der Waals surface area contributed by atoms with Gasteiger partial charge in [0.05, 0.1) is 31.2 Å². The SMILES string of the molecule is CCOC(=O)CCc1ccc(Oc2ccc(NC(C)c3ccc(C(F)(F)F)cc3)cn2)c(OC)c1. The van der Waals surface area contributed by atoms with Crippen molar-refractivity contribution < 1.29 is 32.2 Å². The Bertz CT molecular complexity index is 1120. The van der Waals surface area contributed by atoms with Gasteiger partial charge in [-0.3, -0.25) is 4.79 Å². The Morgan fingerprint density at radius 2 is 1.80 bits per heavy atom. The van der Waals surface area contributed by atoms with Crippen LogP contribution in [0.1, 0.15) is 43.0 Å². The van der Waals surface area contributed by atoms with Crippen LogP contribution in [-0.4, -0.2) is 24.7 Å². The van der Waals surface area contributed by atoms with Gasteiger partial charge in [0.2, 0.25) is 5.88 Å². The van der Waals surface area contributed by atoms with Gasteiger partial charge in [-0.2, -0.15) is 13.2 Å². The molecule has 0 radical (unpaired) electrons. The number of pyridine rings is 1. The molecule has 2 aromatic carbocycles. The molecule has 0 aliphatic rings. The maximum absolute atomic E-state index is 12.8. The Balaban J connectivity index is 1.61. The number of aryl methyl sites for hydroxylation is 1. The van der Waals surface area contributed by atoms with Crippen LogP contribution in [0.3, 0.4) is 0 Å². The lowest BCUT2D eigenvalue weighted by Gasteiger charge is -2.17. The number of nitrogens with zero attached hydrogens (tertiary/aromatic N) is 1. The first-order valence-corrected chi connectivity index (χ1v) is 11.1. The number of carbonyl (C=O) groups excluding carboxylic acids is 1. The minimum Gasteiger partial charge on any atom is -0.493 e. The van der Waals surface area contributed by atoms with Gasteiger partial charge < -0.3 is 19.5 Å². The number of hydrogen-bond acceptors (Lipinski definition) is 6. The molecule has 0 saturated heterocycles. The molecule has 0 aliphatic heterocycles. The molecule has 0 fully saturated rings. The van der Waals surface area contributed by atoms with Crippen LogP contribution in [0, 0.1) is 0 Å². The van der Waals surface area contributed by atoms with Crippen molar-refractivity contribution in [2.75, 3.05) is 19.0 Å². The molecule has 1 N–H and O–H groups in total. The predicted octanol–water partition coefficient (Wildman–Crippen LogP) is 6.57. The third-order valence-electron chi connectivity index (χ3n) is 5.22. The van der Waals surface area contributed by atoms with Gasteiger partial charge in [-0.15, -0.1) is 0 Å². The highest BCUT2D eigenvalue weighted by Gasteiger charge is 2.30. The van der Waals surface area contributed by atoms with E-state index in [1.807, 2.05) is 13.0 Å². The number of carbonyl (C=O) groups is 1. The highest BCUT2D eigenvalue weighted by molar-refractivity contribution is 5.69. The van der Waals surface area contributed by atoms with Gasteiger partial charge in [-0.05, 0) is 61.7 Å². The normalized spacial score (nSPS) is 12.1. The highest BCUT2D eigenvalue weighted by Crippen LogP contribution is 2.33. The van der Waals surface area contributed by atoms with Crippen LogP contribution in [0.5, 0.6) is 17.4 Å². The number of benzene rings is 2. The number of methoxy groups -OCH3 is 1. The maximum atomic E-state index is 12.8. The van der Waals surface area contributed by atoms with Crippen LogP contribution < -0.4 is 14.8 Å². The number of alkyl halides is 3. The molecule has 1 atom stereocenters. The third kappa shape index (κ3) is 7.37. The fraction of sp³-hybridized carbons (Fsp3) is 0.308. The molecule has 3 rings (SSSR count). The monoisotopic (exact) mass is 488 g/mol. The van der Waals surface area contributed by atoms with Gasteiger partial charge in [-0.25, -0.2) is 4.98 Å². The van der Waals surface area contributed by atoms with E-state index in [9.17, 15) is 18.0 Å². The molecular formula is C26H27F3N2O4. The van der Waals surface area contributed by atoms with Gasteiger partial charge in [0, 0.05) is 18.5 Å². The first kappa shape index (κ1) is 25.9. The molecule has 186 valence electrons. The largest absolute Gasteiger partial charge is 0.493 e. The zero-order chi connectivity index (χ0) is 25.4. The lowest BCUT2D eigenvalue weighted by Crippen LogP contribution is -2.09. The third-order valence-corrected chi connectivity index (χ3v) is 5.22. The van der Waals surface area contributed by atoms with Gasteiger partial charge in [-0.1, -0.05) is 18.2 Å². The summed E-state index contributed by atoms with van der Waals surface area (Å²) in [6, 6.07) is 13.7. The molecule has 1 aromatic heterocycles. The summed E-state index contributed by atoms with van der Waals surface area (Å²) in [6.07, 6.45) is -1.99. The summed E-state index contributed by atoms with van der Waals surface area (Å²) in [5.74, 6) is 1.07. The summed E-state index contributed by atoms with van der Waals surface area (Å²) in [4.78, 5) is 15.9. The van der Waals surface area contributed by atoms with Gasteiger partial charge in [0.15, 0.2) is 11.5 Å². The fourth-order valence-corrected chi connectivity index (χ4v) is 3.36. The summed E-state index contributed by atoms with van der Waals surface area (Å²) in [6.45, 7) is 3.97. The van der Waals surface area contributed by atoms with Crippen LogP contribution in [-0.2, 0) is 22.1 Å². The van der Waals surface area contributed by atoms with Crippen molar-refractivity contribution in [3.05, 3.63) is 77.5 Å². The second-order valence-electron chi connectivity index (χ2n) is 7.76. The molecule has 0 bridgehead atoms. The average Bonchev–Trinajstić information content (AvgIpc) is 2.84. The van der Waals surface area contributed by atoms with Crippen molar-refractivity contribution in [3.8, 4) is 17.4 Å². The molecular weight excluding hydrogens is 461 g/mol. The summed E-state index contributed by atoms with van der Waals surface area (Å²) in [5, 5.41) is 3.21. The summed E-state index contributed by atoms with van der Waals surface area (Å²) < 4.78 is 54.5. The van der Waals surface area contributed by atoms with Crippen molar-refractivity contribution in [2.24, 2.45) is 0 Å². The molecule has 0 saturated carbocycles. The fourth-order valence-electron chi connectivity index (χ4n) is 3.36. The Morgan fingerprint density at radius 1 is 1.06 bits per heavy atom. The second-order valence-corrected chi connectivity index (χ2v) is 7.76. The molecule has 0 amide bonds. The molecule has 35 heavy (non-hydrogen) atoms. The lowest BCUT2D eigenvalue weighted by atomic mass is 10.1. The molecule has 3 aromatic rings. The zero-order valence-corrected chi connectivity index (χ0v) is 19.7. The van der Waals surface area contributed by atoms with Crippen molar-refractivity contribution in [3.63, 3.8) is 0 Å². The first-order valence-electron chi connectivity index (χ1n) is 11.1. The van der Waals surface area contributed by atoms with E-state index in [2.05, 4.69) is 10.3 Å². The van der Waals surface area contributed by atoms with E-state index in [0.29, 0.717) is 41.7 Å². The average molecular weight is 489 g/mol. The van der Waals surface area contributed by atoms with Gasteiger partial charge in [0.1, 0.15) is 0 Å². The van der Waals surface area contributed by atoms with Crippen LogP contribution >= 0.6 is 0 Å². The predicted molar refractivity (Wildman–Crippen MR) is 126 cm³/mol. The minimum atomic E-state index is -4.36. The standard InChI is InChI=1S/C26H27F3N2O4/c1-4-34-25(32)14-6-18-5-12-22(23(15-18)33-3)35-24-13-11-21(16-30-24)31-17(2)19-7-9-20(10-8-19)26(27,28)29/h5,7-13,15-17,31H,4,6,14H2,1-3H3. The van der Waals surface area contributed by atoms with E-state index in [0.717, 1.165) is 17.7 Å². The maximum Gasteiger partial charge on any atom is 0.416 e.